The van der Waals surface area contributed by atoms with E-state index in [0.717, 1.165) is 44.0 Å². The molecule has 1 unspecified atom stereocenters. The SMILES string of the molecule is CCNC(=NCc1ccc(CN2CCCC2=O)cc1)NCCCOC(C)c1ccccc1. The molecule has 2 aromatic carbocycles. The van der Waals surface area contributed by atoms with Crippen LogP contribution in [0.4, 0.5) is 0 Å². The molecule has 0 aromatic heterocycles. The van der Waals surface area contributed by atoms with E-state index in [-0.39, 0.29) is 12.0 Å². The summed E-state index contributed by atoms with van der Waals surface area (Å²) in [5.74, 6) is 1.08. The third-order valence-electron chi connectivity index (χ3n) is 5.58. The summed E-state index contributed by atoms with van der Waals surface area (Å²) in [7, 11) is 0. The fourth-order valence-electron chi connectivity index (χ4n) is 3.71. The van der Waals surface area contributed by atoms with Gasteiger partial charge in [-0.05, 0) is 43.4 Å². The first-order chi connectivity index (χ1) is 15.7. The van der Waals surface area contributed by atoms with Gasteiger partial charge >= 0.3 is 0 Å². The molecular weight excluding hydrogens is 400 g/mol. The number of carbonyl (C=O) groups excluding carboxylic acids is 1. The van der Waals surface area contributed by atoms with E-state index in [1.54, 1.807) is 0 Å². The third kappa shape index (κ3) is 7.68. The first kappa shape index (κ1) is 23.8. The number of benzene rings is 2. The molecule has 3 rings (SSSR count). The first-order valence-corrected chi connectivity index (χ1v) is 11.7. The van der Waals surface area contributed by atoms with Gasteiger partial charge in [0.25, 0.3) is 0 Å². The summed E-state index contributed by atoms with van der Waals surface area (Å²) >= 11 is 0. The standard InChI is InChI=1S/C26H36N4O2/c1-3-27-26(28-16-8-18-32-21(2)24-9-5-4-6-10-24)29-19-22-12-14-23(15-13-22)20-30-17-7-11-25(30)31/h4-6,9-10,12-15,21H,3,7-8,11,16-20H2,1-2H3,(H2,27,28,29). The Morgan fingerprint density at radius 1 is 1.09 bits per heavy atom. The summed E-state index contributed by atoms with van der Waals surface area (Å²) in [6, 6.07) is 18.7. The van der Waals surface area contributed by atoms with Gasteiger partial charge in [-0.1, -0.05) is 54.6 Å². The van der Waals surface area contributed by atoms with Gasteiger partial charge in [0.05, 0.1) is 12.6 Å². The van der Waals surface area contributed by atoms with Crippen molar-refractivity contribution in [2.45, 2.75) is 52.3 Å². The minimum atomic E-state index is 0.102. The molecule has 1 atom stereocenters. The highest BCUT2D eigenvalue weighted by Gasteiger charge is 2.19. The molecule has 0 spiro atoms. The van der Waals surface area contributed by atoms with Crippen LogP contribution >= 0.6 is 0 Å². The Kier molecular flexibility index (Phi) is 9.57. The number of hydrogen-bond donors (Lipinski definition) is 2. The number of rotatable bonds is 11. The van der Waals surface area contributed by atoms with Gasteiger partial charge in [0.2, 0.25) is 5.91 Å². The van der Waals surface area contributed by atoms with Crippen LogP contribution in [0.1, 0.15) is 55.9 Å². The van der Waals surface area contributed by atoms with Crippen molar-refractivity contribution in [3.63, 3.8) is 0 Å². The first-order valence-electron chi connectivity index (χ1n) is 11.7. The van der Waals surface area contributed by atoms with Crippen molar-refractivity contribution in [1.82, 2.24) is 15.5 Å². The average molecular weight is 437 g/mol. The topological polar surface area (TPSA) is 66.0 Å². The van der Waals surface area contributed by atoms with Crippen molar-refractivity contribution in [1.29, 1.82) is 0 Å². The average Bonchev–Trinajstić information content (AvgIpc) is 3.22. The number of hydrogen-bond acceptors (Lipinski definition) is 3. The molecule has 172 valence electrons. The normalized spacial score (nSPS) is 15.1. The molecule has 6 heteroatoms. The largest absolute Gasteiger partial charge is 0.374 e. The zero-order valence-electron chi connectivity index (χ0n) is 19.3. The number of likely N-dealkylation sites (tertiary alicyclic amines) is 1. The zero-order valence-corrected chi connectivity index (χ0v) is 19.3. The van der Waals surface area contributed by atoms with E-state index in [9.17, 15) is 4.79 Å². The van der Waals surface area contributed by atoms with E-state index in [1.165, 1.54) is 11.1 Å². The Morgan fingerprint density at radius 2 is 1.84 bits per heavy atom. The summed E-state index contributed by atoms with van der Waals surface area (Å²) in [4.78, 5) is 18.4. The smallest absolute Gasteiger partial charge is 0.222 e. The van der Waals surface area contributed by atoms with Gasteiger partial charge in [0.15, 0.2) is 5.96 Å². The van der Waals surface area contributed by atoms with Gasteiger partial charge in [0, 0.05) is 39.2 Å². The van der Waals surface area contributed by atoms with E-state index in [0.29, 0.717) is 26.1 Å². The molecule has 1 amide bonds. The highest BCUT2D eigenvalue weighted by Crippen LogP contribution is 2.16. The second kappa shape index (κ2) is 12.9. The highest BCUT2D eigenvalue weighted by atomic mass is 16.5. The lowest BCUT2D eigenvalue weighted by Crippen LogP contribution is -2.38. The Morgan fingerprint density at radius 3 is 2.53 bits per heavy atom. The van der Waals surface area contributed by atoms with Crippen LogP contribution in [-0.4, -0.2) is 43.0 Å². The van der Waals surface area contributed by atoms with E-state index in [2.05, 4.69) is 60.9 Å². The number of amides is 1. The van der Waals surface area contributed by atoms with Crippen molar-refractivity contribution in [3.05, 3.63) is 71.3 Å². The van der Waals surface area contributed by atoms with E-state index in [4.69, 9.17) is 9.73 Å². The van der Waals surface area contributed by atoms with Crippen molar-refractivity contribution in [3.8, 4) is 0 Å². The number of guanidine groups is 1. The lowest BCUT2D eigenvalue weighted by atomic mass is 10.1. The lowest BCUT2D eigenvalue weighted by molar-refractivity contribution is -0.128. The van der Waals surface area contributed by atoms with Gasteiger partial charge in [-0.2, -0.15) is 0 Å². The Labute approximate surface area is 192 Å². The van der Waals surface area contributed by atoms with Crippen molar-refractivity contribution in [2.75, 3.05) is 26.2 Å². The lowest BCUT2D eigenvalue weighted by Gasteiger charge is -2.16. The van der Waals surface area contributed by atoms with Crippen LogP contribution in [0.2, 0.25) is 0 Å². The molecule has 2 aromatic rings. The van der Waals surface area contributed by atoms with Crippen LogP contribution in [0.15, 0.2) is 59.6 Å². The fraction of sp³-hybridized carbons (Fsp3) is 0.462. The van der Waals surface area contributed by atoms with Crippen molar-refractivity contribution >= 4 is 11.9 Å². The number of nitrogens with one attached hydrogen (secondary N) is 2. The number of aliphatic imine (C=N–C) groups is 1. The monoisotopic (exact) mass is 436 g/mol. The molecule has 1 heterocycles. The second-order valence-electron chi connectivity index (χ2n) is 8.13. The summed E-state index contributed by atoms with van der Waals surface area (Å²) in [6.07, 6.45) is 2.67. The molecule has 1 saturated heterocycles. The molecule has 6 nitrogen and oxygen atoms in total. The van der Waals surface area contributed by atoms with Crippen LogP contribution in [0.5, 0.6) is 0 Å². The van der Waals surface area contributed by atoms with Gasteiger partial charge < -0.3 is 20.3 Å². The summed E-state index contributed by atoms with van der Waals surface area (Å²) in [5.41, 5.74) is 3.52. The summed E-state index contributed by atoms with van der Waals surface area (Å²) in [5, 5.41) is 6.68. The number of nitrogens with zero attached hydrogens (tertiary/aromatic N) is 2. The molecule has 0 aliphatic carbocycles. The van der Waals surface area contributed by atoms with E-state index < -0.39 is 0 Å². The second-order valence-corrected chi connectivity index (χ2v) is 8.13. The van der Waals surface area contributed by atoms with Gasteiger partial charge in [-0.3, -0.25) is 4.79 Å². The summed E-state index contributed by atoms with van der Waals surface area (Å²) < 4.78 is 5.94. The maximum atomic E-state index is 11.8. The van der Waals surface area contributed by atoms with Gasteiger partial charge in [-0.25, -0.2) is 4.99 Å². The Balaban J connectivity index is 1.39. The van der Waals surface area contributed by atoms with Crippen LogP contribution in [0.3, 0.4) is 0 Å². The highest BCUT2D eigenvalue weighted by molar-refractivity contribution is 5.79. The van der Waals surface area contributed by atoms with Crippen LogP contribution in [0.25, 0.3) is 0 Å². The molecule has 32 heavy (non-hydrogen) atoms. The molecule has 2 N–H and O–H groups in total. The summed E-state index contributed by atoms with van der Waals surface area (Å²) in [6.45, 7) is 8.66. The van der Waals surface area contributed by atoms with Crippen molar-refractivity contribution < 1.29 is 9.53 Å². The fourth-order valence-corrected chi connectivity index (χ4v) is 3.71. The Bertz CT molecular complexity index is 852. The minimum Gasteiger partial charge on any atom is -0.374 e. The molecular formula is C26H36N4O2. The maximum absolute atomic E-state index is 11.8. The van der Waals surface area contributed by atoms with E-state index in [1.807, 2.05) is 23.1 Å². The molecule has 1 aliphatic heterocycles. The van der Waals surface area contributed by atoms with E-state index >= 15 is 0 Å². The molecule has 1 fully saturated rings. The molecule has 0 saturated carbocycles. The van der Waals surface area contributed by atoms with Crippen LogP contribution in [0, 0.1) is 0 Å². The molecule has 0 bridgehead atoms. The predicted molar refractivity (Wildman–Crippen MR) is 129 cm³/mol. The number of carbonyl (C=O) groups is 1. The number of ether oxygens (including phenoxy) is 1. The Hall–Kier alpha value is -2.86. The molecule has 0 radical (unpaired) electrons. The van der Waals surface area contributed by atoms with Gasteiger partial charge in [0.1, 0.15) is 0 Å². The van der Waals surface area contributed by atoms with Gasteiger partial charge in [-0.15, -0.1) is 0 Å². The molecule has 1 aliphatic rings. The zero-order chi connectivity index (χ0) is 22.6. The van der Waals surface area contributed by atoms with Crippen molar-refractivity contribution in [2.24, 2.45) is 4.99 Å². The van der Waals surface area contributed by atoms with Crippen LogP contribution in [-0.2, 0) is 22.6 Å². The predicted octanol–water partition coefficient (Wildman–Crippen LogP) is 4.03. The maximum Gasteiger partial charge on any atom is 0.222 e. The third-order valence-corrected chi connectivity index (χ3v) is 5.58. The minimum absolute atomic E-state index is 0.102. The van der Waals surface area contributed by atoms with Crippen LogP contribution < -0.4 is 10.6 Å². The quantitative estimate of drug-likeness (QED) is 0.317.